The molecule has 0 bridgehead atoms. The normalized spacial score (nSPS) is 12.4. The lowest BCUT2D eigenvalue weighted by Gasteiger charge is -2.11. The first-order valence-corrected chi connectivity index (χ1v) is 8.87. The van der Waals surface area contributed by atoms with Gasteiger partial charge in [-0.1, -0.05) is 36.4 Å². The molecule has 0 atom stereocenters. The zero-order valence-corrected chi connectivity index (χ0v) is 15.0. The zero-order valence-electron chi connectivity index (χ0n) is 14.2. The van der Waals surface area contributed by atoms with E-state index in [0.717, 1.165) is 28.0 Å². The average molecular weight is 377 g/mol. The number of H-pyrrole nitrogens is 1. The number of rotatable bonds is 4. The van der Waals surface area contributed by atoms with E-state index in [1.165, 1.54) is 0 Å². The summed E-state index contributed by atoms with van der Waals surface area (Å²) in [5.41, 5.74) is 0.842. The van der Waals surface area contributed by atoms with Crippen molar-refractivity contribution in [1.82, 2.24) is 14.8 Å². The molecule has 0 unspecified atom stereocenters. The number of aromatic nitrogens is 3. The van der Waals surface area contributed by atoms with Gasteiger partial charge in [-0.25, -0.2) is 0 Å². The third kappa shape index (κ3) is 2.82. The second kappa shape index (κ2) is 6.44. The molecule has 0 radical (unpaired) electrons. The predicted octanol–water partition coefficient (Wildman–Crippen LogP) is 4.39. The molecule has 0 aliphatic carbocycles. The molecule has 4 aromatic rings. The molecule has 0 amide bonds. The van der Waals surface area contributed by atoms with Crippen LogP contribution in [0.5, 0.6) is 17.2 Å². The highest BCUT2D eigenvalue weighted by atomic mass is 32.1. The van der Waals surface area contributed by atoms with E-state index in [-0.39, 0.29) is 13.4 Å². The fraction of sp³-hybridized carbons (Fsp3) is 0.100. The average Bonchev–Trinajstić information content (AvgIpc) is 3.32. The van der Waals surface area contributed by atoms with Crippen LogP contribution in [0.3, 0.4) is 0 Å². The lowest BCUT2D eigenvalue weighted by molar-refractivity contribution is 0.174. The number of benzene rings is 3. The summed E-state index contributed by atoms with van der Waals surface area (Å²) in [5.74, 6) is 2.89. The van der Waals surface area contributed by atoms with Gasteiger partial charge >= 0.3 is 0 Å². The highest BCUT2D eigenvalue weighted by Gasteiger charge is 2.16. The van der Waals surface area contributed by atoms with E-state index < -0.39 is 0 Å². The van der Waals surface area contributed by atoms with Crippen LogP contribution in [0.4, 0.5) is 0 Å². The van der Waals surface area contributed by atoms with Gasteiger partial charge < -0.3 is 14.2 Å². The van der Waals surface area contributed by atoms with Crippen LogP contribution in [0.15, 0.2) is 60.7 Å². The Morgan fingerprint density at radius 3 is 2.85 bits per heavy atom. The molecule has 134 valence electrons. The monoisotopic (exact) mass is 377 g/mol. The maximum Gasteiger partial charge on any atom is 0.231 e. The number of hydrogen-bond acceptors (Lipinski definition) is 5. The molecule has 0 saturated heterocycles. The van der Waals surface area contributed by atoms with Gasteiger partial charge in [0.05, 0.1) is 5.69 Å². The van der Waals surface area contributed by atoms with Gasteiger partial charge in [0.1, 0.15) is 12.4 Å². The van der Waals surface area contributed by atoms with Crippen molar-refractivity contribution in [3.63, 3.8) is 0 Å². The number of nitrogens with zero attached hydrogens (tertiary/aromatic N) is 2. The van der Waals surface area contributed by atoms with Gasteiger partial charge in [0.15, 0.2) is 22.1 Å². The topological polar surface area (TPSA) is 61.3 Å². The molecule has 5 rings (SSSR count). The number of ether oxygens (including phenoxy) is 3. The van der Waals surface area contributed by atoms with Gasteiger partial charge in [0.2, 0.25) is 6.79 Å². The van der Waals surface area contributed by atoms with E-state index in [2.05, 4.69) is 22.3 Å². The second-order valence-corrected chi connectivity index (χ2v) is 6.47. The highest BCUT2D eigenvalue weighted by Crippen LogP contribution is 2.34. The lowest BCUT2D eigenvalue weighted by Crippen LogP contribution is -2.06. The van der Waals surface area contributed by atoms with Crippen LogP contribution in [0.1, 0.15) is 5.82 Å². The zero-order chi connectivity index (χ0) is 18.2. The van der Waals surface area contributed by atoms with Gasteiger partial charge in [-0.3, -0.25) is 9.67 Å². The van der Waals surface area contributed by atoms with Gasteiger partial charge in [-0.05, 0) is 35.8 Å². The molecule has 7 heteroatoms. The molecular formula is C20H15N3O3S. The largest absolute Gasteiger partial charge is 0.485 e. The smallest absolute Gasteiger partial charge is 0.231 e. The summed E-state index contributed by atoms with van der Waals surface area (Å²) in [6.45, 7) is 0.502. The Labute approximate surface area is 159 Å². The van der Waals surface area contributed by atoms with Crippen molar-refractivity contribution in [2.24, 2.45) is 0 Å². The first-order valence-electron chi connectivity index (χ1n) is 8.46. The van der Waals surface area contributed by atoms with Gasteiger partial charge in [-0.2, -0.15) is 5.10 Å². The lowest BCUT2D eigenvalue weighted by atomic mass is 10.1. The summed E-state index contributed by atoms with van der Waals surface area (Å²) in [6, 6.07) is 19.8. The van der Waals surface area contributed by atoms with Gasteiger partial charge in [0.25, 0.3) is 0 Å². The Balaban J connectivity index is 1.48. The Hall–Kier alpha value is -3.32. The van der Waals surface area contributed by atoms with Crippen LogP contribution in [0.25, 0.3) is 16.5 Å². The fourth-order valence-electron chi connectivity index (χ4n) is 3.18. The van der Waals surface area contributed by atoms with E-state index in [1.807, 2.05) is 53.1 Å². The van der Waals surface area contributed by atoms with Crippen LogP contribution in [0, 0.1) is 4.77 Å². The third-order valence-corrected chi connectivity index (χ3v) is 4.74. The van der Waals surface area contributed by atoms with E-state index in [0.29, 0.717) is 16.3 Å². The Bertz CT molecular complexity index is 1190. The maximum absolute atomic E-state index is 6.07. The summed E-state index contributed by atoms with van der Waals surface area (Å²) in [6.07, 6.45) is 0. The van der Waals surface area contributed by atoms with Crippen LogP contribution < -0.4 is 14.2 Å². The number of hydrogen-bond donors (Lipinski definition) is 1. The van der Waals surface area contributed by atoms with Crippen molar-refractivity contribution in [2.75, 3.05) is 6.79 Å². The fourth-order valence-corrected chi connectivity index (χ4v) is 3.44. The summed E-state index contributed by atoms with van der Waals surface area (Å²) >= 11 is 5.41. The Morgan fingerprint density at radius 2 is 1.89 bits per heavy atom. The summed E-state index contributed by atoms with van der Waals surface area (Å²) in [4.78, 5) is 0. The molecule has 1 aliphatic heterocycles. The molecule has 2 heterocycles. The standard InChI is InChI=1S/C20H15N3O3S/c27-20-22-21-19(23(20)14-8-9-17-18(10-14)26-12-25-17)11-24-16-7-3-5-13-4-1-2-6-15(13)16/h1-10H,11-12H2,(H,22,27). The van der Waals surface area contributed by atoms with Crippen LogP contribution in [-0.2, 0) is 6.61 Å². The van der Waals surface area contributed by atoms with Crippen LogP contribution >= 0.6 is 12.2 Å². The second-order valence-electron chi connectivity index (χ2n) is 6.08. The molecule has 0 saturated carbocycles. The highest BCUT2D eigenvalue weighted by molar-refractivity contribution is 7.71. The van der Waals surface area contributed by atoms with Gasteiger partial charge in [-0.15, -0.1) is 0 Å². The van der Waals surface area contributed by atoms with Crippen molar-refractivity contribution < 1.29 is 14.2 Å². The summed E-state index contributed by atoms with van der Waals surface area (Å²) in [5, 5.41) is 9.36. The molecule has 1 aromatic heterocycles. The number of nitrogens with one attached hydrogen (secondary N) is 1. The first kappa shape index (κ1) is 15.9. The SMILES string of the molecule is S=c1[nH]nc(COc2cccc3ccccc23)n1-c1ccc2c(c1)OCO2. The van der Waals surface area contributed by atoms with E-state index in [4.69, 9.17) is 26.4 Å². The molecular weight excluding hydrogens is 362 g/mol. The Morgan fingerprint density at radius 1 is 1.04 bits per heavy atom. The minimum Gasteiger partial charge on any atom is -0.485 e. The molecule has 1 N–H and O–H groups in total. The van der Waals surface area contributed by atoms with Crippen LogP contribution in [-0.4, -0.2) is 21.6 Å². The number of aromatic amines is 1. The molecule has 3 aromatic carbocycles. The van der Waals surface area contributed by atoms with Crippen LogP contribution in [0.2, 0.25) is 0 Å². The predicted molar refractivity (Wildman–Crippen MR) is 103 cm³/mol. The van der Waals surface area contributed by atoms with Crippen molar-refractivity contribution in [1.29, 1.82) is 0 Å². The van der Waals surface area contributed by atoms with Crippen molar-refractivity contribution in [3.05, 3.63) is 71.3 Å². The van der Waals surface area contributed by atoms with Crippen molar-refractivity contribution >= 4 is 23.0 Å². The minimum atomic E-state index is 0.229. The minimum absolute atomic E-state index is 0.229. The molecule has 0 fully saturated rings. The third-order valence-electron chi connectivity index (χ3n) is 4.46. The first-order chi connectivity index (χ1) is 13.3. The molecule has 1 aliphatic rings. The van der Waals surface area contributed by atoms with E-state index >= 15 is 0 Å². The van der Waals surface area contributed by atoms with Gasteiger partial charge in [0, 0.05) is 11.5 Å². The molecule has 27 heavy (non-hydrogen) atoms. The van der Waals surface area contributed by atoms with Crippen molar-refractivity contribution in [3.8, 4) is 22.9 Å². The molecule has 6 nitrogen and oxygen atoms in total. The van der Waals surface area contributed by atoms with E-state index in [9.17, 15) is 0 Å². The van der Waals surface area contributed by atoms with Crippen molar-refractivity contribution in [2.45, 2.75) is 6.61 Å². The van der Waals surface area contributed by atoms with E-state index in [1.54, 1.807) is 0 Å². The molecule has 0 spiro atoms. The summed E-state index contributed by atoms with van der Waals surface area (Å²) < 4.78 is 19.2. The summed E-state index contributed by atoms with van der Waals surface area (Å²) in [7, 11) is 0. The maximum atomic E-state index is 6.07. The quantitative estimate of drug-likeness (QED) is 0.535. The number of fused-ring (bicyclic) bond motifs is 2. The Kier molecular flexibility index (Phi) is 3.79.